The van der Waals surface area contributed by atoms with Crippen molar-refractivity contribution in [1.82, 2.24) is 4.98 Å². The monoisotopic (exact) mass is 380 g/mol. The van der Waals surface area contributed by atoms with Crippen LogP contribution in [0.4, 0.5) is 21.3 Å². The first-order chi connectivity index (χ1) is 12.9. The molecule has 0 spiro atoms. The number of benzene rings is 2. The Morgan fingerprint density at radius 3 is 2.22 bits per heavy atom. The van der Waals surface area contributed by atoms with E-state index in [0.29, 0.717) is 10.8 Å². The lowest BCUT2D eigenvalue weighted by Crippen LogP contribution is -2.19. The van der Waals surface area contributed by atoms with E-state index in [-0.39, 0.29) is 11.6 Å². The Bertz CT molecular complexity index is 960. The Hall–Kier alpha value is -3.19. The lowest BCUT2D eigenvalue weighted by molar-refractivity contribution is 0.102. The maximum atomic E-state index is 12.4. The summed E-state index contributed by atoms with van der Waals surface area (Å²) in [7, 11) is 0. The van der Waals surface area contributed by atoms with Crippen LogP contribution in [0.5, 0.6) is 0 Å². The molecule has 0 atom stereocenters. The van der Waals surface area contributed by atoms with Crippen molar-refractivity contribution in [2.75, 3.05) is 16.0 Å². The van der Waals surface area contributed by atoms with Crippen molar-refractivity contribution in [1.29, 1.82) is 0 Å². The summed E-state index contributed by atoms with van der Waals surface area (Å²) in [5.74, 6) is -0.310. The van der Waals surface area contributed by atoms with Gasteiger partial charge in [-0.15, -0.1) is 11.3 Å². The number of hydrogen-bond acceptors (Lipinski definition) is 4. The topological polar surface area (TPSA) is 83.1 Å². The first kappa shape index (κ1) is 18.6. The van der Waals surface area contributed by atoms with Crippen LogP contribution in [0.25, 0.3) is 0 Å². The molecule has 6 nitrogen and oxygen atoms in total. The van der Waals surface area contributed by atoms with Crippen LogP contribution in [0.2, 0.25) is 0 Å². The van der Waals surface area contributed by atoms with Crippen molar-refractivity contribution in [3.8, 4) is 0 Å². The van der Waals surface area contributed by atoms with E-state index in [9.17, 15) is 9.59 Å². The molecule has 2 aromatic carbocycles. The summed E-state index contributed by atoms with van der Waals surface area (Å²) in [5, 5.41) is 10.2. The third-order valence-corrected chi connectivity index (χ3v) is 4.74. The van der Waals surface area contributed by atoms with E-state index in [0.717, 1.165) is 22.4 Å². The molecule has 3 rings (SSSR count). The van der Waals surface area contributed by atoms with Gasteiger partial charge in [0.15, 0.2) is 5.13 Å². The fourth-order valence-electron chi connectivity index (χ4n) is 2.52. The van der Waals surface area contributed by atoms with Crippen LogP contribution in [0.1, 0.15) is 27.2 Å². The highest BCUT2D eigenvalue weighted by atomic mass is 32.1. The second-order valence-electron chi connectivity index (χ2n) is 6.20. The predicted molar refractivity (Wildman–Crippen MR) is 110 cm³/mol. The number of urea groups is 1. The van der Waals surface area contributed by atoms with Gasteiger partial charge in [0.2, 0.25) is 0 Å². The van der Waals surface area contributed by atoms with E-state index in [4.69, 9.17) is 0 Å². The average molecular weight is 380 g/mol. The molecular formula is C20H20N4O2S. The van der Waals surface area contributed by atoms with Crippen LogP contribution in [0, 0.1) is 20.8 Å². The molecule has 3 N–H and O–H groups in total. The molecule has 0 saturated heterocycles. The molecule has 0 aliphatic heterocycles. The quantitative estimate of drug-likeness (QED) is 0.598. The van der Waals surface area contributed by atoms with Crippen LogP contribution >= 0.6 is 11.3 Å². The maximum Gasteiger partial charge on any atom is 0.325 e. The van der Waals surface area contributed by atoms with Crippen LogP contribution in [0.15, 0.2) is 47.8 Å². The molecule has 0 aliphatic rings. The van der Waals surface area contributed by atoms with Gasteiger partial charge in [-0.2, -0.15) is 0 Å². The number of para-hydroxylation sites is 1. The van der Waals surface area contributed by atoms with Crippen LogP contribution < -0.4 is 16.0 Å². The Morgan fingerprint density at radius 1 is 0.889 bits per heavy atom. The van der Waals surface area contributed by atoms with E-state index in [1.807, 2.05) is 63.2 Å². The second kappa shape index (κ2) is 8.01. The van der Waals surface area contributed by atoms with Gasteiger partial charge < -0.3 is 10.6 Å². The molecule has 27 heavy (non-hydrogen) atoms. The number of carbonyl (C=O) groups excluding carboxylic acids is 2. The van der Waals surface area contributed by atoms with E-state index in [1.54, 1.807) is 5.38 Å². The number of rotatable bonds is 4. The number of nitrogens with one attached hydrogen (secondary N) is 3. The van der Waals surface area contributed by atoms with Gasteiger partial charge in [-0.3, -0.25) is 10.1 Å². The van der Waals surface area contributed by atoms with Gasteiger partial charge in [-0.1, -0.05) is 35.9 Å². The molecule has 0 aliphatic carbocycles. The highest BCUT2D eigenvalue weighted by molar-refractivity contribution is 7.14. The van der Waals surface area contributed by atoms with Gasteiger partial charge in [0.25, 0.3) is 5.91 Å². The summed E-state index contributed by atoms with van der Waals surface area (Å²) >= 11 is 1.19. The number of amides is 3. The number of thiazole rings is 1. The molecule has 3 aromatic rings. The van der Waals surface area contributed by atoms with Gasteiger partial charge >= 0.3 is 6.03 Å². The lowest BCUT2D eigenvalue weighted by Gasteiger charge is -2.10. The van der Waals surface area contributed by atoms with Gasteiger partial charge in [0, 0.05) is 16.8 Å². The highest BCUT2D eigenvalue weighted by Gasteiger charge is 2.14. The summed E-state index contributed by atoms with van der Waals surface area (Å²) in [6, 6.07) is 12.9. The van der Waals surface area contributed by atoms with Crippen molar-refractivity contribution in [3.05, 3.63) is 70.2 Å². The third-order valence-electron chi connectivity index (χ3n) is 3.99. The van der Waals surface area contributed by atoms with Gasteiger partial charge in [0.05, 0.1) is 0 Å². The number of nitrogens with zero attached hydrogens (tertiary/aromatic N) is 1. The second-order valence-corrected chi connectivity index (χ2v) is 7.06. The van der Waals surface area contributed by atoms with Crippen LogP contribution in [0.3, 0.4) is 0 Å². The summed E-state index contributed by atoms with van der Waals surface area (Å²) in [5.41, 5.74) is 4.79. The molecule has 1 heterocycles. The number of hydrogen-bond donors (Lipinski definition) is 3. The SMILES string of the molecule is Cc1ccc(NC(=O)Nc2nc(C(=O)Nc3c(C)cccc3C)cs2)cc1. The van der Waals surface area contributed by atoms with Crippen molar-refractivity contribution in [3.63, 3.8) is 0 Å². The van der Waals surface area contributed by atoms with Crippen molar-refractivity contribution in [2.24, 2.45) is 0 Å². The molecule has 0 unspecified atom stereocenters. The predicted octanol–water partition coefficient (Wildman–Crippen LogP) is 4.96. The molecule has 0 saturated carbocycles. The van der Waals surface area contributed by atoms with Crippen molar-refractivity contribution >= 4 is 39.8 Å². The van der Waals surface area contributed by atoms with Crippen LogP contribution in [-0.2, 0) is 0 Å². The molecule has 0 bridgehead atoms. The van der Waals surface area contributed by atoms with Gasteiger partial charge in [-0.05, 0) is 44.0 Å². The summed E-state index contributed by atoms with van der Waals surface area (Å²) in [4.78, 5) is 28.7. The first-order valence-electron chi connectivity index (χ1n) is 8.40. The fraction of sp³-hybridized carbons (Fsp3) is 0.150. The maximum absolute atomic E-state index is 12.4. The largest absolute Gasteiger partial charge is 0.325 e. The summed E-state index contributed by atoms with van der Waals surface area (Å²) in [6.07, 6.45) is 0. The smallest absolute Gasteiger partial charge is 0.320 e. The standard InChI is InChI=1S/C20H20N4O2S/c1-12-7-9-15(10-8-12)21-19(26)24-20-22-16(11-27-20)18(25)23-17-13(2)5-4-6-14(17)3/h4-11H,1-3H3,(H,23,25)(H2,21,22,24,26). The lowest BCUT2D eigenvalue weighted by atomic mass is 10.1. The van der Waals surface area contributed by atoms with E-state index in [1.165, 1.54) is 11.3 Å². The molecule has 138 valence electrons. The molecule has 1 aromatic heterocycles. The summed E-state index contributed by atoms with van der Waals surface area (Å²) in [6.45, 7) is 5.85. The van der Waals surface area contributed by atoms with Crippen molar-refractivity contribution in [2.45, 2.75) is 20.8 Å². The minimum atomic E-state index is -0.407. The number of anilines is 3. The zero-order valence-corrected chi connectivity index (χ0v) is 16.1. The normalized spacial score (nSPS) is 10.3. The molecule has 7 heteroatoms. The number of aromatic nitrogens is 1. The van der Waals surface area contributed by atoms with Gasteiger partial charge in [-0.25, -0.2) is 9.78 Å². The average Bonchev–Trinajstić information content (AvgIpc) is 3.08. The van der Waals surface area contributed by atoms with Gasteiger partial charge in [0.1, 0.15) is 5.69 Å². The zero-order valence-electron chi connectivity index (χ0n) is 15.3. The molecule has 3 amide bonds. The third kappa shape index (κ3) is 4.71. The summed E-state index contributed by atoms with van der Waals surface area (Å²) < 4.78 is 0. The Morgan fingerprint density at radius 2 is 1.56 bits per heavy atom. The first-order valence-corrected chi connectivity index (χ1v) is 9.28. The molecule has 0 fully saturated rings. The number of carbonyl (C=O) groups is 2. The Balaban J connectivity index is 1.63. The fourth-order valence-corrected chi connectivity index (χ4v) is 3.21. The minimum absolute atomic E-state index is 0.258. The zero-order chi connectivity index (χ0) is 19.4. The van der Waals surface area contributed by atoms with Crippen LogP contribution in [-0.4, -0.2) is 16.9 Å². The molecular weight excluding hydrogens is 360 g/mol. The van der Waals surface area contributed by atoms with Crippen molar-refractivity contribution < 1.29 is 9.59 Å². The minimum Gasteiger partial charge on any atom is -0.320 e. The van der Waals surface area contributed by atoms with E-state index >= 15 is 0 Å². The Labute approximate surface area is 161 Å². The highest BCUT2D eigenvalue weighted by Crippen LogP contribution is 2.22. The Kier molecular flexibility index (Phi) is 5.52. The van der Waals surface area contributed by atoms with E-state index in [2.05, 4.69) is 20.9 Å². The number of aryl methyl sites for hydroxylation is 3. The molecule has 0 radical (unpaired) electrons. The van der Waals surface area contributed by atoms with E-state index < -0.39 is 6.03 Å².